The molecule has 1 aromatic rings. The number of hydrogen-bond acceptors (Lipinski definition) is 5. The molecular weight excluding hydrogens is 276 g/mol. The van der Waals surface area contributed by atoms with Gasteiger partial charge >= 0.3 is 12.1 Å². The van der Waals surface area contributed by atoms with Gasteiger partial charge in [-0.15, -0.1) is 0 Å². The lowest BCUT2D eigenvalue weighted by Gasteiger charge is -2.33. The van der Waals surface area contributed by atoms with Crippen LogP contribution in [-0.2, 0) is 4.74 Å². The van der Waals surface area contributed by atoms with Gasteiger partial charge in [-0.05, 0) is 33.6 Å². The average Bonchev–Trinajstić information content (AvgIpc) is 2.86. The fourth-order valence-corrected chi connectivity index (χ4v) is 2.39. The van der Waals surface area contributed by atoms with E-state index in [0.717, 1.165) is 19.1 Å². The second-order valence-electron chi connectivity index (χ2n) is 6.18. The molecule has 1 N–H and O–H groups in total. The minimum atomic E-state index is -1.07. The van der Waals surface area contributed by atoms with E-state index < -0.39 is 11.6 Å². The first-order valence-electron chi connectivity index (χ1n) is 6.93. The maximum atomic E-state index is 12.1. The van der Waals surface area contributed by atoms with Crippen LogP contribution in [0.1, 0.15) is 55.6 Å². The van der Waals surface area contributed by atoms with Crippen molar-refractivity contribution in [1.29, 1.82) is 0 Å². The molecule has 7 heteroatoms. The second kappa shape index (κ2) is 5.75. The number of aromatic nitrogens is 1. The quantitative estimate of drug-likeness (QED) is 0.901. The highest BCUT2D eigenvalue weighted by atomic mass is 16.6. The molecule has 1 aromatic heterocycles. The van der Waals surface area contributed by atoms with E-state index in [1.54, 1.807) is 4.90 Å². The monoisotopic (exact) mass is 296 g/mol. The number of aromatic carboxylic acids is 1. The number of carboxylic acids is 1. The van der Waals surface area contributed by atoms with Gasteiger partial charge in [-0.3, -0.25) is 0 Å². The molecule has 0 bridgehead atoms. The number of amides is 1. The molecule has 0 unspecified atom stereocenters. The average molecular weight is 296 g/mol. The highest BCUT2D eigenvalue weighted by molar-refractivity contribution is 5.88. The van der Waals surface area contributed by atoms with Gasteiger partial charge < -0.3 is 19.3 Å². The Morgan fingerprint density at radius 1 is 1.48 bits per heavy atom. The first-order valence-corrected chi connectivity index (χ1v) is 6.93. The molecule has 1 aliphatic heterocycles. The summed E-state index contributed by atoms with van der Waals surface area (Å²) in [6, 6.07) is 0. The first kappa shape index (κ1) is 15.3. The van der Waals surface area contributed by atoms with E-state index in [4.69, 9.17) is 14.4 Å². The van der Waals surface area contributed by atoms with Crippen LogP contribution in [0.2, 0.25) is 0 Å². The van der Waals surface area contributed by atoms with Crippen LogP contribution >= 0.6 is 0 Å². The number of carboxylic acid groups (broad SMARTS) is 1. The van der Waals surface area contributed by atoms with Crippen molar-refractivity contribution in [3.05, 3.63) is 17.5 Å². The van der Waals surface area contributed by atoms with Gasteiger partial charge in [0.15, 0.2) is 0 Å². The Labute approximate surface area is 122 Å². The van der Waals surface area contributed by atoms with Crippen LogP contribution in [0.5, 0.6) is 0 Å². The third kappa shape index (κ3) is 3.74. The Morgan fingerprint density at radius 2 is 2.19 bits per heavy atom. The fourth-order valence-electron chi connectivity index (χ4n) is 2.39. The van der Waals surface area contributed by atoms with Crippen LogP contribution in [-0.4, -0.2) is 45.9 Å². The van der Waals surface area contributed by atoms with E-state index in [1.165, 1.54) is 0 Å². The number of nitrogens with zero attached hydrogens (tertiary/aromatic N) is 2. The van der Waals surface area contributed by atoms with Crippen molar-refractivity contribution < 1.29 is 24.0 Å². The summed E-state index contributed by atoms with van der Waals surface area (Å²) in [4.78, 5) is 24.8. The van der Waals surface area contributed by atoms with Crippen molar-refractivity contribution in [2.24, 2.45) is 0 Å². The van der Waals surface area contributed by atoms with Gasteiger partial charge in [-0.25, -0.2) is 9.59 Å². The predicted molar refractivity (Wildman–Crippen MR) is 73.2 cm³/mol. The lowest BCUT2D eigenvalue weighted by molar-refractivity contribution is 0.0196. The molecule has 116 valence electrons. The number of hydrogen-bond donors (Lipinski definition) is 1. The Kier molecular flexibility index (Phi) is 4.20. The molecule has 1 atom stereocenters. The van der Waals surface area contributed by atoms with Crippen LogP contribution < -0.4 is 0 Å². The third-order valence-corrected chi connectivity index (χ3v) is 3.29. The van der Waals surface area contributed by atoms with Crippen LogP contribution in [0.15, 0.2) is 10.8 Å². The molecule has 2 rings (SSSR count). The summed E-state index contributed by atoms with van der Waals surface area (Å²) < 4.78 is 10.1. The normalized spacial score (nSPS) is 19.4. The van der Waals surface area contributed by atoms with Gasteiger partial charge in [0, 0.05) is 19.0 Å². The van der Waals surface area contributed by atoms with Crippen LogP contribution in [0.3, 0.4) is 0 Å². The number of likely N-dealkylation sites (tertiary alicyclic amines) is 1. The van der Waals surface area contributed by atoms with Crippen molar-refractivity contribution in [2.75, 3.05) is 13.1 Å². The number of carbonyl (C=O) groups is 2. The zero-order chi connectivity index (χ0) is 15.6. The molecular formula is C14H20N2O5. The smallest absolute Gasteiger partial charge is 0.410 e. The molecule has 2 heterocycles. The van der Waals surface area contributed by atoms with Gasteiger partial charge in [0.2, 0.25) is 0 Å². The van der Waals surface area contributed by atoms with E-state index in [-0.39, 0.29) is 17.6 Å². The third-order valence-electron chi connectivity index (χ3n) is 3.29. The molecule has 1 saturated heterocycles. The Balaban J connectivity index is 2.09. The van der Waals surface area contributed by atoms with Crippen LogP contribution in [0.4, 0.5) is 4.79 Å². The highest BCUT2D eigenvalue weighted by Gasteiger charge is 2.32. The van der Waals surface area contributed by atoms with Gasteiger partial charge in [0.25, 0.3) is 0 Å². The number of ether oxygens (including phenoxy) is 1. The summed E-state index contributed by atoms with van der Waals surface area (Å²) in [7, 11) is 0. The molecule has 0 saturated carbocycles. The van der Waals surface area contributed by atoms with Crippen molar-refractivity contribution in [3.8, 4) is 0 Å². The lowest BCUT2D eigenvalue weighted by atomic mass is 9.93. The number of piperidine rings is 1. The van der Waals surface area contributed by atoms with Crippen molar-refractivity contribution >= 4 is 12.1 Å². The standard InChI is InChI=1S/C14H20N2O5/c1-14(2,3)21-13(19)16-6-4-5-9(7-16)11-10(12(17)18)8-20-15-11/h8-9H,4-7H2,1-3H3,(H,17,18)/t9-/m0/s1. The highest BCUT2D eigenvalue weighted by Crippen LogP contribution is 2.29. The molecule has 1 fully saturated rings. The molecule has 1 aliphatic rings. The van der Waals surface area contributed by atoms with E-state index in [0.29, 0.717) is 18.8 Å². The largest absolute Gasteiger partial charge is 0.478 e. The molecule has 0 aromatic carbocycles. The summed E-state index contributed by atoms with van der Waals surface area (Å²) in [5, 5.41) is 12.9. The molecule has 21 heavy (non-hydrogen) atoms. The topological polar surface area (TPSA) is 92.9 Å². The van der Waals surface area contributed by atoms with Crippen molar-refractivity contribution in [3.63, 3.8) is 0 Å². The molecule has 7 nitrogen and oxygen atoms in total. The lowest BCUT2D eigenvalue weighted by Crippen LogP contribution is -2.42. The number of carbonyl (C=O) groups excluding carboxylic acids is 1. The summed E-state index contributed by atoms with van der Waals surface area (Å²) in [5.74, 6) is -1.21. The Hall–Kier alpha value is -2.05. The molecule has 0 aliphatic carbocycles. The van der Waals surface area contributed by atoms with Crippen molar-refractivity contribution in [2.45, 2.75) is 45.1 Å². The summed E-state index contributed by atoms with van der Waals surface area (Å²) >= 11 is 0. The van der Waals surface area contributed by atoms with Crippen LogP contribution in [0.25, 0.3) is 0 Å². The Bertz CT molecular complexity index is 532. The maximum absolute atomic E-state index is 12.1. The fraction of sp³-hybridized carbons (Fsp3) is 0.643. The molecule has 1 amide bonds. The zero-order valence-corrected chi connectivity index (χ0v) is 12.5. The van der Waals surface area contributed by atoms with Gasteiger partial charge in [0.1, 0.15) is 23.1 Å². The second-order valence-corrected chi connectivity index (χ2v) is 6.18. The summed E-state index contributed by atoms with van der Waals surface area (Å²) in [6.45, 7) is 6.43. The summed E-state index contributed by atoms with van der Waals surface area (Å²) in [6.07, 6.45) is 2.29. The maximum Gasteiger partial charge on any atom is 0.410 e. The predicted octanol–water partition coefficient (Wildman–Crippen LogP) is 2.49. The van der Waals surface area contributed by atoms with Crippen LogP contribution in [0, 0.1) is 0 Å². The summed E-state index contributed by atoms with van der Waals surface area (Å²) in [5.41, 5.74) is -0.0914. The van der Waals surface area contributed by atoms with E-state index in [9.17, 15) is 9.59 Å². The van der Waals surface area contributed by atoms with Crippen molar-refractivity contribution in [1.82, 2.24) is 10.1 Å². The molecule has 0 spiro atoms. The van der Waals surface area contributed by atoms with E-state index in [1.807, 2.05) is 20.8 Å². The van der Waals surface area contributed by atoms with Gasteiger partial charge in [0.05, 0.1) is 0 Å². The zero-order valence-electron chi connectivity index (χ0n) is 12.5. The minimum Gasteiger partial charge on any atom is -0.478 e. The first-order chi connectivity index (χ1) is 9.78. The molecule has 0 radical (unpaired) electrons. The van der Waals surface area contributed by atoms with Gasteiger partial charge in [-0.2, -0.15) is 0 Å². The minimum absolute atomic E-state index is 0.0611. The number of rotatable bonds is 2. The van der Waals surface area contributed by atoms with Gasteiger partial charge in [-0.1, -0.05) is 5.16 Å². The van der Waals surface area contributed by atoms with E-state index in [2.05, 4.69) is 5.16 Å². The SMILES string of the molecule is CC(C)(C)OC(=O)N1CCC[C@H](c2nocc2C(=O)O)C1. The Morgan fingerprint density at radius 3 is 2.81 bits per heavy atom. The van der Waals surface area contributed by atoms with E-state index >= 15 is 0 Å².